The molecule has 5 rings (SSSR count). The second-order valence-corrected chi connectivity index (χ2v) is 12.8. The number of allylic oxidation sites excluding steroid dienone is 2. The number of nitrogens with one attached hydrogen (secondary N) is 1. The Bertz CT molecular complexity index is 1980. The van der Waals surface area contributed by atoms with Gasteiger partial charge in [0.15, 0.2) is 17.5 Å². The van der Waals surface area contributed by atoms with Crippen molar-refractivity contribution < 1.29 is 18.0 Å². The summed E-state index contributed by atoms with van der Waals surface area (Å²) in [7, 11) is 0. The molecule has 3 aromatic rings. The van der Waals surface area contributed by atoms with Crippen LogP contribution in [0.3, 0.4) is 0 Å². The van der Waals surface area contributed by atoms with Gasteiger partial charge in [0.05, 0.1) is 39.4 Å². The van der Waals surface area contributed by atoms with Crippen LogP contribution < -0.4 is 21.5 Å². The lowest BCUT2D eigenvalue weighted by molar-refractivity contribution is -0.130. The fraction of sp³-hybridized carbons (Fsp3) is 0.333. The Morgan fingerprint density at radius 1 is 1.19 bits per heavy atom. The fourth-order valence-electron chi connectivity index (χ4n) is 6.53. The number of hydrogen-bond donors (Lipinski definition) is 2. The van der Waals surface area contributed by atoms with E-state index in [1.807, 2.05) is 32.6 Å². The van der Waals surface area contributed by atoms with Gasteiger partial charge in [-0.25, -0.2) is 18.2 Å². The maximum atomic E-state index is 15.4. The number of piperazine rings is 1. The van der Waals surface area contributed by atoms with Gasteiger partial charge in [-0.2, -0.15) is 5.26 Å². The molecule has 246 valence electrons. The van der Waals surface area contributed by atoms with E-state index in [0.29, 0.717) is 11.3 Å². The van der Waals surface area contributed by atoms with Gasteiger partial charge in [-0.15, -0.1) is 0 Å². The standard InChI is InChI=1S/C33H32Cl2F3N7O2/c1-7-21(46)44-16(5)12-43(13-17(44)6)31-18-10-20(34)29(22-24(36)25(37)23(35)26(38)27(22)40)42-32(18)45(33(47)19(31)11-39)30-15(4)8-9-41-28(30)14(2)3/h7-10,14,16-17,28,41H,1,12-13,40H2,2-6H3/t16-,17+,28?. The molecule has 14 heteroatoms. The highest BCUT2D eigenvalue weighted by molar-refractivity contribution is 6.34. The van der Waals surface area contributed by atoms with E-state index in [4.69, 9.17) is 28.9 Å². The number of halogens is 5. The molecule has 1 amide bonds. The minimum Gasteiger partial charge on any atom is -0.396 e. The predicted molar refractivity (Wildman–Crippen MR) is 178 cm³/mol. The topological polar surface area (TPSA) is 120 Å². The number of benzene rings is 1. The molecule has 1 aromatic carbocycles. The van der Waals surface area contributed by atoms with Gasteiger partial charge in [-0.1, -0.05) is 43.6 Å². The third-order valence-corrected chi connectivity index (χ3v) is 9.23. The smallest absolute Gasteiger partial charge is 0.276 e. The summed E-state index contributed by atoms with van der Waals surface area (Å²) < 4.78 is 46.4. The van der Waals surface area contributed by atoms with Crippen molar-refractivity contribution in [1.82, 2.24) is 19.8 Å². The number of nitriles is 1. The Labute approximate surface area is 279 Å². The average molecular weight is 687 g/mol. The van der Waals surface area contributed by atoms with E-state index < -0.39 is 51.0 Å². The minimum absolute atomic E-state index is 0.0556. The molecule has 0 spiro atoms. The lowest BCUT2D eigenvalue weighted by atomic mass is 9.94. The maximum Gasteiger partial charge on any atom is 0.276 e. The van der Waals surface area contributed by atoms with Crippen LogP contribution in [0.1, 0.15) is 40.2 Å². The van der Waals surface area contributed by atoms with Crippen LogP contribution in [0.25, 0.3) is 28.0 Å². The van der Waals surface area contributed by atoms with Crippen molar-refractivity contribution in [1.29, 1.82) is 5.26 Å². The number of rotatable bonds is 5. The van der Waals surface area contributed by atoms with Gasteiger partial charge in [0.2, 0.25) is 5.91 Å². The molecule has 9 nitrogen and oxygen atoms in total. The molecule has 0 bridgehead atoms. The van der Waals surface area contributed by atoms with Gasteiger partial charge in [0, 0.05) is 30.6 Å². The second kappa shape index (κ2) is 12.6. The van der Waals surface area contributed by atoms with Crippen molar-refractivity contribution in [3.05, 3.63) is 80.0 Å². The van der Waals surface area contributed by atoms with Crippen molar-refractivity contribution in [2.75, 3.05) is 23.7 Å². The first-order chi connectivity index (χ1) is 22.2. The number of nitrogens with two attached hydrogens (primary N) is 1. The third-order valence-electron chi connectivity index (χ3n) is 8.61. The van der Waals surface area contributed by atoms with E-state index in [2.05, 4.69) is 22.9 Å². The van der Waals surface area contributed by atoms with Gasteiger partial charge in [0.1, 0.15) is 22.3 Å². The number of carbonyl (C=O) groups is 1. The molecule has 0 aliphatic carbocycles. The van der Waals surface area contributed by atoms with Crippen molar-refractivity contribution >= 4 is 57.2 Å². The van der Waals surface area contributed by atoms with E-state index in [0.717, 1.165) is 0 Å². The molecular weight excluding hydrogens is 654 g/mol. The van der Waals surface area contributed by atoms with E-state index in [-0.39, 0.29) is 64.3 Å². The number of pyridine rings is 2. The summed E-state index contributed by atoms with van der Waals surface area (Å²) in [6, 6.07) is 2.31. The number of aromatic nitrogens is 2. The van der Waals surface area contributed by atoms with Gasteiger partial charge in [0.25, 0.3) is 5.56 Å². The summed E-state index contributed by atoms with van der Waals surface area (Å²) in [5, 5.41) is 12.6. The van der Waals surface area contributed by atoms with Crippen molar-refractivity contribution in [3.8, 4) is 17.3 Å². The fourth-order valence-corrected chi connectivity index (χ4v) is 6.96. The first-order valence-corrected chi connectivity index (χ1v) is 15.6. The Balaban J connectivity index is 1.92. The SMILES string of the molecule is C=CC(=O)N1[C@H](C)CN(c2c(C#N)c(=O)n(C3=C(C)C=CNC3C(C)C)c3nc(-c4c(N)c(F)c(Cl)c(F)c4F)c(Cl)cc23)C[C@@H]1C. The molecule has 4 heterocycles. The Morgan fingerprint density at radius 2 is 1.83 bits per heavy atom. The number of dihydropyridines is 1. The summed E-state index contributed by atoms with van der Waals surface area (Å²) in [6.07, 6.45) is 4.73. The van der Waals surface area contributed by atoms with Gasteiger partial charge < -0.3 is 20.9 Å². The Kier molecular flexibility index (Phi) is 9.10. The molecule has 0 saturated carbocycles. The zero-order valence-corrected chi connectivity index (χ0v) is 27.8. The van der Waals surface area contributed by atoms with E-state index >= 15 is 4.39 Å². The molecule has 2 aliphatic rings. The van der Waals surface area contributed by atoms with Crippen molar-refractivity contribution in [2.45, 2.75) is 52.7 Å². The molecule has 1 unspecified atom stereocenters. The van der Waals surface area contributed by atoms with Crippen LogP contribution >= 0.6 is 23.2 Å². The first-order valence-electron chi connectivity index (χ1n) is 14.8. The van der Waals surface area contributed by atoms with Gasteiger partial charge in [-0.3, -0.25) is 14.2 Å². The lowest BCUT2D eigenvalue weighted by Gasteiger charge is -2.45. The zero-order valence-electron chi connectivity index (χ0n) is 26.3. The third kappa shape index (κ3) is 5.41. The minimum atomic E-state index is -1.68. The summed E-state index contributed by atoms with van der Waals surface area (Å²) in [6.45, 7) is 13.4. The second-order valence-electron chi connectivity index (χ2n) is 12.1. The van der Waals surface area contributed by atoms with E-state index in [1.165, 1.54) is 16.7 Å². The lowest BCUT2D eigenvalue weighted by Crippen LogP contribution is -2.58. The van der Waals surface area contributed by atoms with Crippen molar-refractivity contribution in [3.63, 3.8) is 0 Å². The Morgan fingerprint density at radius 3 is 2.40 bits per heavy atom. The summed E-state index contributed by atoms with van der Waals surface area (Å²) in [5.41, 5.74) is 4.23. The summed E-state index contributed by atoms with van der Waals surface area (Å²) >= 11 is 12.3. The predicted octanol–water partition coefficient (Wildman–Crippen LogP) is 6.23. The number of carbonyl (C=O) groups excluding carboxylic acids is 1. The van der Waals surface area contributed by atoms with Crippen LogP contribution in [0.2, 0.25) is 10.0 Å². The quantitative estimate of drug-likeness (QED) is 0.142. The summed E-state index contributed by atoms with van der Waals surface area (Å²) in [4.78, 5) is 35.2. The Hall–Kier alpha value is -4.47. The van der Waals surface area contributed by atoms with Gasteiger partial charge >= 0.3 is 0 Å². The molecule has 0 radical (unpaired) electrons. The number of anilines is 2. The molecule has 3 N–H and O–H groups in total. The number of fused-ring (bicyclic) bond motifs is 1. The van der Waals surface area contributed by atoms with Crippen LogP contribution in [0.4, 0.5) is 24.5 Å². The highest BCUT2D eigenvalue weighted by atomic mass is 35.5. The molecule has 1 fully saturated rings. The zero-order chi connectivity index (χ0) is 34.6. The van der Waals surface area contributed by atoms with Crippen LogP contribution in [-0.4, -0.2) is 51.6 Å². The first kappa shape index (κ1) is 33.9. The normalized spacial score (nSPS) is 19.7. The van der Waals surface area contributed by atoms with Crippen LogP contribution in [-0.2, 0) is 4.79 Å². The van der Waals surface area contributed by atoms with Gasteiger partial charge in [-0.05, 0) is 56.7 Å². The highest BCUT2D eigenvalue weighted by Gasteiger charge is 2.36. The molecule has 47 heavy (non-hydrogen) atoms. The monoisotopic (exact) mass is 685 g/mol. The number of hydrogen-bond acceptors (Lipinski definition) is 7. The van der Waals surface area contributed by atoms with Crippen LogP contribution in [0.5, 0.6) is 0 Å². The van der Waals surface area contributed by atoms with Crippen LogP contribution in [0.15, 0.2) is 41.4 Å². The van der Waals surface area contributed by atoms with Crippen molar-refractivity contribution in [2.24, 2.45) is 5.92 Å². The molecule has 2 aromatic heterocycles. The number of amides is 1. The highest BCUT2D eigenvalue weighted by Crippen LogP contribution is 2.42. The largest absolute Gasteiger partial charge is 0.396 e. The molecular formula is C33H32Cl2F3N7O2. The maximum absolute atomic E-state index is 15.4. The molecule has 1 saturated heterocycles. The molecule has 2 aliphatic heterocycles. The number of nitrogens with zero attached hydrogens (tertiary/aromatic N) is 5. The average Bonchev–Trinajstić information content (AvgIpc) is 3.02. The molecule has 3 atom stereocenters. The number of nitrogen functional groups attached to an aromatic ring is 1. The van der Waals surface area contributed by atoms with E-state index in [9.17, 15) is 23.6 Å². The van der Waals surface area contributed by atoms with E-state index in [1.54, 1.807) is 24.1 Å². The van der Waals surface area contributed by atoms with Crippen LogP contribution in [0, 0.1) is 34.7 Å². The summed E-state index contributed by atoms with van der Waals surface area (Å²) in [5.74, 6) is -4.98.